The number of halogens is 1. The van der Waals surface area contributed by atoms with Crippen LogP contribution in [0.4, 0.5) is 17.3 Å². The Balaban J connectivity index is 2.27. The first-order chi connectivity index (χ1) is 8.97. The second-order valence-electron chi connectivity index (χ2n) is 3.87. The molecule has 3 N–H and O–H groups in total. The summed E-state index contributed by atoms with van der Waals surface area (Å²) in [4.78, 5) is 15.3. The van der Waals surface area contributed by atoms with Gasteiger partial charge < -0.3 is 11.1 Å². The number of anilines is 2. The van der Waals surface area contributed by atoms with Crippen molar-refractivity contribution in [2.24, 2.45) is 0 Å². The van der Waals surface area contributed by atoms with Crippen LogP contribution in [-0.2, 0) is 0 Å². The molecule has 6 nitrogen and oxygen atoms in total. The molecule has 100 valence electrons. The predicted molar refractivity (Wildman–Crippen MR) is 76.7 cm³/mol. The number of nitro groups is 1. The van der Waals surface area contributed by atoms with Crippen molar-refractivity contribution in [1.29, 1.82) is 0 Å². The fraction of sp³-hybridized carbons (Fsp3) is 0.182. The summed E-state index contributed by atoms with van der Waals surface area (Å²) in [7, 11) is 0. The van der Waals surface area contributed by atoms with Gasteiger partial charge >= 0.3 is 5.69 Å². The first-order valence-electron chi connectivity index (χ1n) is 5.40. The Labute approximate surface area is 118 Å². The van der Waals surface area contributed by atoms with E-state index < -0.39 is 4.92 Å². The number of hydrogen-bond donors (Lipinski definition) is 2. The number of nitrogens with two attached hydrogens (primary N) is 1. The smallest absolute Gasteiger partial charge is 0.311 e. The van der Waals surface area contributed by atoms with Crippen molar-refractivity contribution in [2.75, 3.05) is 11.1 Å². The van der Waals surface area contributed by atoms with E-state index in [4.69, 9.17) is 17.3 Å². The minimum absolute atomic E-state index is 0.108. The molecule has 2 aromatic heterocycles. The lowest BCUT2D eigenvalue weighted by atomic mass is 10.2. The quantitative estimate of drug-likeness (QED) is 0.666. The number of rotatable bonds is 4. The van der Waals surface area contributed by atoms with Crippen LogP contribution in [0.1, 0.15) is 17.8 Å². The summed E-state index contributed by atoms with van der Waals surface area (Å²) in [6, 6.07) is 6.23. The molecule has 0 bridgehead atoms. The molecule has 1 unspecified atom stereocenters. The summed E-state index contributed by atoms with van der Waals surface area (Å²) in [6.07, 6.45) is 0. The summed E-state index contributed by atoms with van der Waals surface area (Å²) in [5, 5.41) is 13.9. The summed E-state index contributed by atoms with van der Waals surface area (Å²) < 4.78 is 0.665. The van der Waals surface area contributed by atoms with Gasteiger partial charge in [-0.25, -0.2) is 4.98 Å². The summed E-state index contributed by atoms with van der Waals surface area (Å²) in [5.74, 6) is 0.381. The standard InChI is InChI=1S/C11H11ClN4O2S/c1-6(8-3-4-9(12)19-8)14-11-7(16(17)18)2-5-10(13)15-11/h2-6H,1H3,(H3,13,14,15). The van der Waals surface area contributed by atoms with Gasteiger partial charge in [0.25, 0.3) is 0 Å². The highest BCUT2D eigenvalue weighted by Gasteiger charge is 2.18. The van der Waals surface area contributed by atoms with Crippen LogP contribution >= 0.6 is 22.9 Å². The summed E-state index contributed by atoms with van der Waals surface area (Å²) in [6.45, 7) is 1.87. The molecule has 0 aromatic carbocycles. The first kappa shape index (κ1) is 13.6. The van der Waals surface area contributed by atoms with E-state index in [1.54, 1.807) is 6.07 Å². The van der Waals surface area contributed by atoms with E-state index in [0.29, 0.717) is 4.34 Å². The third kappa shape index (κ3) is 3.12. The van der Waals surface area contributed by atoms with Crippen molar-refractivity contribution in [3.8, 4) is 0 Å². The molecule has 0 saturated heterocycles. The van der Waals surface area contributed by atoms with Crippen molar-refractivity contribution < 1.29 is 4.92 Å². The molecule has 0 radical (unpaired) electrons. The van der Waals surface area contributed by atoms with Crippen LogP contribution in [0.3, 0.4) is 0 Å². The molecular formula is C11H11ClN4O2S. The SMILES string of the molecule is CC(Nc1nc(N)ccc1[N+](=O)[O-])c1ccc(Cl)s1. The lowest BCUT2D eigenvalue weighted by molar-refractivity contribution is -0.384. The maximum Gasteiger partial charge on any atom is 0.311 e. The molecular weight excluding hydrogens is 288 g/mol. The molecule has 2 rings (SSSR count). The molecule has 19 heavy (non-hydrogen) atoms. The first-order valence-corrected chi connectivity index (χ1v) is 6.59. The Hall–Kier alpha value is -1.86. The molecule has 2 heterocycles. The zero-order valence-corrected chi connectivity index (χ0v) is 11.5. The van der Waals surface area contributed by atoms with Crippen LogP contribution in [0.25, 0.3) is 0 Å². The van der Waals surface area contributed by atoms with Gasteiger partial charge in [0.15, 0.2) is 0 Å². The average molecular weight is 299 g/mol. The van der Waals surface area contributed by atoms with E-state index in [-0.39, 0.29) is 23.4 Å². The highest BCUT2D eigenvalue weighted by atomic mass is 35.5. The molecule has 8 heteroatoms. The number of aromatic nitrogens is 1. The molecule has 1 atom stereocenters. The van der Waals surface area contributed by atoms with Crippen LogP contribution in [-0.4, -0.2) is 9.91 Å². The molecule has 0 aliphatic rings. The fourth-order valence-electron chi connectivity index (χ4n) is 1.56. The molecule has 0 aliphatic carbocycles. The van der Waals surface area contributed by atoms with Gasteiger partial charge in [0.05, 0.1) is 15.3 Å². The molecule has 0 fully saturated rings. The van der Waals surface area contributed by atoms with E-state index in [1.165, 1.54) is 23.5 Å². The Morgan fingerprint density at radius 3 is 2.79 bits per heavy atom. The van der Waals surface area contributed by atoms with Gasteiger partial charge in [-0.3, -0.25) is 10.1 Å². The van der Waals surface area contributed by atoms with Crippen LogP contribution < -0.4 is 11.1 Å². The Kier molecular flexibility index (Phi) is 3.87. The normalized spacial score (nSPS) is 12.1. The average Bonchev–Trinajstić information content (AvgIpc) is 2.75. The van der Waals surface area contributed by atoms with Crippen LogP contribution in [0, 0.1) is 10.1 Å². The maximum absolute atomic E-state index is 10.9. The van der Waals surface area contributed by atoms with Crippen molar-refractivity contribution >= 4 is 40.3 Å². The Morgan fingerprint density at radius 1 is 1.47 bits per heavy atom. The largest absolute Gasteiger partial charge is 0.384 e. The van der Waals surface area contributed by atoms with E-state index in [9.17, 15) is 10.1 Å². The second kappa shape index (κ2) is 5.41. The molecule has 0 amide bonds. The third-order valence-electron chi connectivity index (χ3n) is 2.47. The second-order valence-corrected chi connectivity index (χ2v) is 5.62. The summed E-state index contributed by atoms with van der Waals surface area (Å²) >= 11 is 7.27. The van der Waals surface area contributed by atoms with Gasteiger partial charge in [-0.2, -0.15) is 0 Å². The third-order valence-corrected chi connectivity index (χ3v) is 3.88. The van der Waals surface area contributed by atoms with Crippen molar-refractivity contribution in [3.63, 3.8) is 0 Å². The lowest BCUT2D eigenvalue weighted by Crippen LogP contribution is -2.09. The number of pyridine rings is 1. The van der Waals surface area contributed by atoms with E-state index >= 15 is 0 Å². The van der Waals surface area contributed by atoms with E-state index in [0.717, 1.165) is 4.88 Å². The predicted octanol–water partition coefficient (Wildman–Crippen LogP) is 3.46. The number of hydrogen-bond acceptors (Lipinski definition) is 6. The van der Waals surface area contributed by atoms with Gasteiger partial charge in [0.1, 0.15) is 5.82 Å². The molecule has 0 aliphatic heterocycles. The van der Waals surface area contributed by atoms with Crippen molar-refractivity contribution in [1.82, 2.24) is 4.98 Å². The zero-order chi connectivity index (χ0) is 14.0. The lowest BCUT2D eigenvalue weighted by Gasteiger charge is -2.13. The van der Waals surface area contributed by atoms with Gasteiger partial charge in [-0.15, -0.1) is 11.3 Å². The molecule has 2 aromatic rings. The number of thiophene rings is 1. The highest BCUT2D eigenvalue weighted by Crippen LogP contribution is 2.31. The van der Waals surface area contributed by atoms with Crippen molar-refractivity contribution in [2.45, 2.75) is 13.0 Å². The van der Waals surface area contributed by atoms with Gasteiger partial charge in [-0.05, 0) is 25.1 Å². The van der Waals surface area contributed by atoms with E-state index in [1.807, 2.05) is 13.0 Å². The van der Waals surface area contributed by atoms with Crippen LogP contribution in [0.15, 0.2) is 24.3 Å². The number of nitrogens with zero attached hydrogens (tertiary/aromatic N) is 2. The minimum Gasteiger partial charge on any atom is -0.384 e. The van der Waals surface area contributed by atoms with E-state index in [2.05, 4.69) is 10.3 Å². The number of nitrogen functional groups attached to an aromatic ring is 1. The van der Waals surface area contributed by atoms with Gasteiger partial charge in [0, 0.05) is 10.9 Å². The topological polar surface area (TPSA) is 94.1 Å². The van der Waals surface area contributed by atoms with Crippen molar-refractivity contribution in [3.05, 3.63) is 43.6 Å². The Bertz CT molecular complexity index is 616. The van der Waals surface area contributed by atoms with Crippen LogP contribution in [0.5, 0.6) is 0 Å². The zero-order valence-electron chi connectivity index (χ0n) is 9.96. The molecule has 0 spiro atoms. The van der Waals surface area contributed by atoms with Gasteiger partial charge in [-0.1, -0.05) is 11.6 Å². The molecule has 0 saturated carbocycles. The van der Waals surface area contributed by atoms with Crippen LogP contribution in [0.2, 0.25) is 4.34 Å². The monoisotopic (exact) mass is 298 g/mol. The van der Waals surface area contributed by atoms with Gasteiger partial charge in [0.2, 0.25) is 5.82 Å². The maximum atomic E-state index is 10.9. The highest BCUT2D eigenvalue weighted by molar-refractivity contribution is 7.16. The Morgan fingerprint density at radius 2 is 2.21 bits per heavy atom. The number of nitrogens with one attached hydrogen (secondary N) is 1. The summed E-state index contributed by atoms with van der Waals surface area (Å²) in [5.41, 5.74) is 5.45. The minimum atomic E-state index is -0.497. The fourth-order valence-corrected chi connectivity index (χ4v) is 2.62.